The van der Waals surface area contributed by atoms with Gasteiger partial charge in [-0.15, -0.1) is 0 Å². The number of aliphatic carboxylic acids is 2. The molecule has 2 aromatic heterocycles. The van der Waals surface area contributed by atoms with E-state index >= 15 is 0 Å². The number of carboxylic acid groups (broad SMARTS) is 2. The zero-order valence-corrected chi connectivity index (χ0v) is 78.2. The number of thiol groups is 4. The number of hydrogen-bond donors (Lipinski definition) is 32. The summed E-state index contributed by atoms with van der Waals surface area (Å²) in [5.74, 6) is -29.8. The van der Waals surface area contributed by atoms with Gasteiger partial charge in [-0.1, -0.05) is 41.5 Å². The zero-order chi connectivity index (χ0) is 102. The minimum absolute atomic E-state index is 0.0204. The van der Waals surface area contributed by atoms with Crippen LogP contribution in [0.4, 0.5) is 0 Å². The molecule has 1 fully saturated rings. The van der Waals surface area contributed by atoms with Crippen LogP contribution in [0.1, 0.15) is 118 Å². The number of amides is 21. The molecule has 0 spiro atoms. The van der Waals surface area contributed by atoms with E-state index in [0.717, 1.165) is 11.8 Å². The second-order valence-corrected chi connectivity index (χ2v) is 33.8. The molecule has 0 aromatic carbocycles. The Kier molecular flexibility index (Phi) is 50.6. The minimum atomic E-state index is -2.09. The van der Waals surface area contributed by atoms with Crippen molar-refractivity contribution in [1.29, 1.82) is 0 Å². The predicted molar refractivity (Wildman–Crippen MR) is 483 cm³/mol. The van der Waals surface area contributed by atoms with Crippen LogP contribution in [0.15, 0.2) is 25.0 Å². The summed E-state index contributed by atoms with van der Waals surface area (Å²) in [6.45, 7) is 6.38. The van der Waals surface area contributed by atoms with Gasteiger partial charge in [-0.25, -0.2) is 9.97 Å². The zero-order valence-electron chi connectivity index (χ0n) is 74.6. The Morgan fingerprint density at radius 1 is 0.415 bits per heavy atom. The lowest BCUT2D eigenvalue weighted by atomic mass is 10.0. The monoisotopic (exact) mass is 1990 g/mol. The number of aliphatic hydroxyl groups is 3. The molecule has 1 aliphatic heterocycles. The molecule has 0 saturated carbocycles. The fourth-order valence-corrected chi connectivity index (χ4v) is 13.8. The van der Waals surface area contributed by atoms with Crippen LogP contribution in [0, 0.1) is 17.8 Å². The molecule has 21 amide bonds. The number of primary amides is 3. The van der Waals surface area contributed by atoms with E-state index in [4.69, 9.17) is 28.0 Å². The maximum Gasteiger partial charge on any atom is 0.322 e. The van der Waals surface area contributed by atoms with E-state index in [9.17, 15) is 131 Å². The number of H-pyrrole nitrogens is 2. The van der Waals surface area contributed by atoms with Gasteiger partial charge >= 0.3 is 11.9 Å². The van der Waals surface area contributed by atoms with Crippen LogP contribution in [0.5, 0.6) is 0 Å². The number of carbonyl (C=O) groups excluding carboxylic acids is 21. The van der Waals surface area contributed by atoms with Crippen molar-refractivity contribution in [3.05, 3.63) is 36.4 Å². The van der Waals surface area contributed by atoms with Crippen molar-refractivity contribution in [3.8, 4) is 0 Å². The number of rotatable bonds is 61. The van der Waals surface area contributed by atoms with Gasteiger partial charge < -0.3 is 154 Å². The predicted octanol–water partition coefficient (Wildman–Crippen LogP) is -13.9. The number of nitrogens with zero attached hydrogens (tertiary/aromatic N) is 3. The average Bonchev–Trinajstić information content (AvgIpc) is 1.67. The molecule has 0 bridgehead atoms. The number of hydrogen-bond acceptors (Lipinski definition) is 33. The van der Waals surface area contributed by atoms with Crippen molar-refractivity contribution in [2.24, 2.45) is 40.7 Å². The number of imidazole rings is 2. The number of carboxylic acids is 2. The Bertz CT molecular complexity index is 4480. The van der Waals surface area contributed by atoms with Crippen molar-refractivity contribution in [1.82, 2.24) is 115 Å². The summed E-state index contributed by atoms with van der Waals surface area (Å²) >= 11 is 16.4. The standard InChI is InChI=1S/C77H122N26O28S4/c1-32(2)13-40(89-66(120)42(15-36-20-82-30-86-36)92-71(125)50(28-134)100-75(129)59(34(5)6)101-74(128)52-9-8-12-103(52)77(131)46(19-55(81)109)95-70(124)48(25-105)97-72(126)49(27-133)98-61(115)38(78)26-132)64(118)88-39(10-11-57(111)112)63(117)91-43(16-37-21-83-31-87-37)67(121)96-47(24-104)69(123)93-45(18-54(80)108)68(122)90-41(14-33(3)4)65(119)99-51(29-135)73(127)102-60(35(7)106)76(130)94-44(17-53(79)107)62(116)85-22-56(110)84-23-58(113)114/h20-21,30-35,38-52,59-60,104-106,132-135H,8-19,22-29,78H2,1-7H3,(H2,79,107)(H2,80,108)(H2,81,109)(H,82,86)(H,83,87)(H,84,110)(H,85,116)(H,88,118)(H,89,120)(H,90,122)(H,91,117)(H,92,125)(H,93,123)(H,94,130)(H,95,124)(H,96,121)(H,97,126)(H,98,115)(H,99,119)(H,100,129)(H,101,128)(H,102,127)(H,111,112)(H,113,114)/t35-,38+,39+,40+,41+,42+,43+,44+,45+,46+,47+,48+,49+,50+,51+,52+,59+,60+/m1/s1. The molecule has 752 valence electrons. The second kappa shape index (κ2) is 58.6. The van der Waals surface area contributed by atoms with Crippen LogP contribution in [-0.4, -0.2) is 351 Å². The third-order valence-electron chi connectivity index (χ3n) is 19.9. The molecule has 0 aliphatic carbocycles. The van der Waals surface area contributed by atoms with Crippen LogP contribution in [0.3, 0.4) is 0 Å². The SMILES string of the molecule is CC(C)C[C@H](NC(=O)[C@H](Cc1cnc[nH]1)NC(=O)[C@H](CS)NC(=O)[C@@H](NC(=O)[C@@H]1CCCN1C(=O)[C@H](CC(N)=O)NC(=O)[C@H](CO)NC(=O)[C@H](CS)NC(=O)[C@@H](N)CS)C(C)C)C(=O)N[C@@H](CCC(=O)O)C(=O)N[C@@H](Cc1cnc[nH]1)C(=O)N[C@@H](CO)C(=O)N[C@@H](CC(N)=O)C(=O)N[C@@H](CC(C)C)C(=O)N[C@@H](CS)C(=O)N[C@H](C(=O)N[C@@H](CC(N)=O)C(=O)NCC(=O)NCC(=O)O)[C@@H](C)O. The van der Waals surface area contributed by atoms with Gasteiger partial charge in [-0.05, 0) is 56.8 Å². The summed E-state index contributed by atoms with van der Waals surface area (Å²) < 4.78 is 0. The van der Waals surface area contributed by atoms with E-state index in [1.165, 1.54) is 38.9 Å². The fraction of sp³-hybridized carbons (Fsp3) is 0.623. The summed E-state index contributed by atoms with van der Waals surface area (Å²) in [6, 6.07) is -28.9. The third-order valence-corrected chi connectivity index (χ3v) is 21.4. The molecule has 135 heavy (non-hydrogen) atoms. The van der Waals surface area contributed by atoms with Gasteiger partial charge in [0, 0.05) is 72.6 Å². The Morgan fingerprint density at radius 2 is 0.770 bits per heavy atom. The van der Waals surface area contributed by atoms with E-state index in [2.05, 4.69) is 156 Å². The van der Waals surface area contributed by atoms with Crippen LogP contribution >= 0.6 is 50.5 Å². The van der Waals surface area contributed by atoms with Gasteiger partial charge in [-0.3, -0.25) is 110 Å². The van der Waals surface area contributed by atoms with E-state index in [1.807, 2.05) is 5.32 Å². The molecule has 58 heteroatoms. The summed E-state index contributed by atoms with van der Waals surface area (Å²) in [7, 11) is 0. The first kappa shape index (κ1) is 117. The molecule has 3 heterocycles. The lowest BCUT2D eigenvalue weighted by Gasteiger charge is -2.31. The van der Waals surface area contributed by atoms with Crippen molar-refractivity contribution >= 4 is 187 Å². The van der Waals surface area contributed by atoms with E-state index < -0.39 is 339 Å². The van der Waals surface area contributed by atoms with Crippen LogP contribution < -0.4 is 113 Å². The van der Waals surface area contributed by atoms with Crippen molar-refractivity contribution in [3.63, 3.8) is 0 Å². The summed E-state index contributed by atoms with van der Waals surface area (Å²) in [5.41, 5.74) is 22.3. The smallest absolute Gasteiger partial charge is 0.322 e. The molecule has 0 radical (unpaired) electrons. The summed E-state index contributed by atoms with van der Waals surface area (Å²) in [5, 5.41) is 89.3. The first-order chi connectivity index (χ1) is 63.4. The normalized spacial score (nSPS) is 16.1. The second-order valence-electron chi connectivity index (χ2n) is 32.3. The van der Waals surface area contributed by atoms with Crippen molar-refractivity contribution in [2.75, 3.05) is 55.9 Å². The molecule has 1 saturated heterocycles. The first-order valence-electron chi connectivity index (χ1n) is 42.2. The van der Waals surface area contributed by atoms with Crippen LogP contribution in [0.25, 0.3) is 0 Å². The number of carbonyl (C=O) groups is 23. The van der Waals surface area contributed by atoms with Crippen molar-refractivity contribution in [2.45, 2.75) is 228 Å². The van der Waals surface area contributed by atoms with E-state index in [0.29, 0.717) is 0 Å². The Labute approximate surface area is 794 Å². The number of nitrogens with one attached hydrogen (secondary N) is 19. The lowest BCUT2D eigenvalue weighted by Crippen LogP contribution is -2.62. The van der Waals surface area contributed by atoms with Crippen LogP contribution in [0.2, 0.25) is 0 Å². The molecule has 18 atom stereocenters. The molecule has 2 aromatic rings. The first-order valence-corrected chi connectivity index (χ1v) is 44.7. The number of aromatic nitrogens is 4. The maximum absolute atomic E-state index is 14.7. The van der Waals surface area contributed by atoms with Gasteiger partial charge in [0.05, 0.1) is 63.8 Å². The number of likely N-dealkylation sites (tertiary alicyclic amines) is 1. The summed E-state index contributed by atoms with van der Waals surface area (Å²) in [6.07, 6.45) is -2.41. The Hall–Kier alpha value is -12.5. The molecule has 1 aliphatic rings. The quantitative estimate of drug-likeness (QED) is 0.0274. The van der Waals surface area contributed by atoms with E-state index in [-0.39, 0.29) is 61.5 Å². The molecule has 54 nitrogen and oxygen atoms in total. The lowest BCUT2D eigenvalue weighted by molar-refractivity contribution is -0.143. The molecular formula is C77H122N26O28S4. The van der Waals surface area contributed by atoms with Gasteiger partial charge in [-0.2, -0.15) is 50.5 Å². The number of nitrogens with two attached hydrogens (primary N) is 4. The molecular weight excluding hydrogens is 1870 g/mol. The largest absolute Gasteiger partial charge is 0.481 e. The average molecular weight is 1990 g/mol. The maximum atomic E-state index is 14.7. The highest BCUT2D eigenvalue weighted by Crippen LogP contribution is 2.22. The van der Waals surface area contributed by atoms with Gasteiger partial charge in [0.15, 0.2) is 0 Å². The molecule has 0 unspecified atom stereocenters. The third kappa shape index (κ3) is 40.7. The van der Waals surface area contributed by atoms with E-state index in [1.54, 1.807) is 27.7 Å². The topological polar surface area (TPSA) is 863 Å². The number of aromatic amines is 2. The van der Waals surface area contributed by atoms with Gasteiger partial charge in [0.1, 0.15) is 103 Å². The molecule has 3 rings (SSSR count). The number of aliphatic hydroxyl groups excluding tert-OH is 3. The highest BCUT2D eigenvalue weighted by Gasteiger charge is 2.44. The fourth-order valence-electron chi connectivity index (χ4n) is 12.9. The van der Waals surface area contributed by atoms with Gasteiger partial charge in [0.25, 0.3) is 0 Å². The highest BCUT2D eigenvalue weighted by molar-refractivity contribution is 7.80. The van der Waals surface area contributed by atoms with Gasteiger partial charge in [0.2, 0.25) is 124 Å². The highest BCUT2D eigenvalue weighted by atomic mass is 32.1. The Morgan fingerprint density at radius 3 is 1.18 bits per heavy atom. The minimum Gasteiger partial charge on any atom is -0.481 e. The summed E-state index contributed by atoms with van der Waals surface area (Å²) in [4.78, 5) is 324. The molecule has 32 N–H and O–H groups in total. The van der Waals surface area contributed by atoms with Crippen LogP contribution in [-0.2, 0) is 123 Å². The van der Waals surface area contributed by atoms with Crippen molar-refractivity contribution < 1.29 is 136 Å². The Balaban J connectivity index is 1.88.